The lowest BCUT2D eigenvalue weighted by Crippen LogP contribution is -2.49. The first-order valence-corrected chi connectivity index (χ1v) is 6.95. The maximum Gasteiger partial charge on any atom is 0.129 e. The maximum atomic E-state index is 7.63. The Morgan fingerprint density at radius 3 is 2.80 bits per heavy atom. The molecule has 0 saturated carbocycles. The SMILES string of the molecule is COc1ccc(CN2CCN(C)C(C)C2)cc1C(=N)N. The lowest BCUT2D eigenvalue weighted by molar-refractivity contribution is 0.1000. The van der Waals surface area contributed by atoms with Crippen LogP contribution in [0.4, 0.5) is 0 Å². The van der Waals surface area contributed by atoms with Gasteiger partial charge in [-0.15, -0.1) is 0 Å². The predicted octanol–water partition coefficient (Wildman–Crippen LogP) is 1.12. The normalized spacial score (nSPS) is 20.9. The van der Waals surface area contributed by atoms with E-state index in [1.54, 1.807) is 7.11 Å². The van der Waals surface area contributed by atoms with E-state index >= 15 is 0 Å². The van der Waals surface area contributed by atoms with Crippen LogP contribution in [0.25, 0.3) is 0 Å². The van der Waals surface area contributed by atoms with Crippen LogP contribution < -0.4 is 10.5 Å². The topological polar surface area (TPSA) is 65.6 Å². The van der Waals surface area contributed by atoms with Crippen LogP contribution in [0.3, 0.4) is 0 Å². The third-order valence-electron chi connectivity index (χ3n) is 4.00. The summed E-state index contributed by atoms with van der Waals surface area (Å²) in [7, 11) is 3.77. The Morgan fingerprint density at radius 1 is 1.45 bits per heavy atom. The van der Waals surface area contributed by atoms with Gasteiger partial charge in [0, 0.05) is 32.2 Å². The standard InChI is InChI=1S/C15H24N4O/c1-11-9-19(7-6-18(11)2)10-12-4-5-14(20-3)13(8-12)15(16)17/h4-5,8,11H,6-7,9-10H2,1-3H3,(H3,16,17). The van der Waals surface area contributed by atoms with Gasteiger partial charge < -0.3 is 15.4 Å². The molecule has 1 aromatic carbocycles. The summed E-state index contributed by atoms with van der Waals surface area (Å²) in [6.45, 7) is 6.38. The minimum atomic E-state index is 0.0513. The van der Waals surface area contributed by atoms with E-state index in [4.69, 9.17) is 15.9 Å². The Kier molecular flexibility index (Phi) is 4.62. The van der Waals surface area contributed by atoms with Crippen LogP contribution in [-0.4, -0.2) is 55.5 Å². The van der Waals surface area contributed by atoms with Crippen molar-refractivity contribution in [2.45, 2.75) is 19.5 Å². The number of likely N-dealkylation sites (N-methyl/N-ethyl adjacent to an activating group) is 1. The second-order valence-corrected chi connectivity index (χ2v) is 5.51. The number of nitrogens with zero attached hydrogens (tertiary/aromatic N) is 2. The highest BCUT2D eigenvalue weighted by molar-refractivity contribution is 5.97. The van der Waals surface area contributed by atoms with Crippen LogP contribution in [0.5, 0.6) is 5.75 Å². The number of nitrogen functional groups attached to an aromatic ring is 1. The van der Waals surface area contributed by atoms with Crippen LogP contribution >= 0.6 is 0 Å². The van der Waals surface area contributed by atoms with Gasteiger partial charge in [-0.2, -0.15) is 0 Å². The highest BCUT2D eigenvalue weighted by atomic mass is 16.5. The van der Waals surface area contributed by atoms with E-state index in [0.717, 1.165) is 26.2 Å². The number of hydrogen-bond acceptors (Lipinski definition) is 4. The summed E-state index contributed by atoms with van der Waals surface area (Å²) < 4.78 is 5.24. The van der Waals surface area contributed by atoms with Gasteiger partial charge in [0.2, 0.25) is 0 Å². The Bertz CT molecular complexity index is 489. The van der Waals surface area contributed by atoms with Crippen LogP contribution in [0.1, 0.15) is 18.1 Å². The van der Waals surface area contributed by atoms with Crippen LogP contribution in [0.15, 0.2) is 18.2 Å². The van der Waals surface area contributed by atoms with Crippen molar-refractivity contribution in [1.29, 1.82) is 5.41 Å². The molecule has 3 N–H and O–H groups in total. The molecular weight excluding hydrogens is 252 g/mol. The molecule has 1 atom stereocenters. The monoisotopic (exact) mass is 276 g/mol. The zero-order chi connectivity index (χ0) is 14.7. The van der Waals surface area contributed by atoms with E-state index in [2.05, 4.69) is 23.8 Å². The largest absolute Gasteiger partial charge is 0.496 e. The molecule has 0 aromatic heterocycles. The van der Waals surface area contributed by atoms with Crippen molar-refractivity contribution in [3.8, 4) is 5.75 Å². The minimum absolute atomic E-state index is 0.0513. The molecule has 0 amide bonds. The summed E-state index contributed by atoms with van der Waals surface area (Å²) in [6, 6.07) is 6.48. The van der Waals surface area contributed by atoms with Gasteiger partial charge in [0.1, 0.15) is 11.6 Å². The average Bonchev–Trinajstić information content (AvgIpc) is 2.43. The first kappa shape index (κ1) is 14.8. The lowest BCUT2D eigenvalue weighted by atomic mass is 10.1. The van der Waals surface area contributed by atoms with Crippen molar-refractivity contribution in [2.75, 3.05) is 33.8 Å². The summed E-state index contributed by atoms with van der Waals surface area (Å²) in [6.07, 6.45) is 0. The molecule has 1 aromatic rings. The summed E-state index contributed by atoms with van der Waals surface area (Å²) in [4.78, 5) is 4.82. The number of nitrogens with two attached hydrogens (primary N) is 1. The molecule has 5 nitrogen and oxygen atoms in total. The highest BCUT2D eigenvalue weighted by Crippen LogP contribution is 2.21. The molecule has 1 aliphatic heterocycles. The van der Waals surface area contributed by atoms with E-state index in [-0.39, 0.29) is 5.84 Å². The van der Waals surface area contributed by atoms with Gasteiger partial charge in [0.25, 0.3) is 0 Å². The molecule has 1 heterocycles. The molecule has 0 spiro atoms. The number of rotatable bonds is 4. The first-order chi connectivity index (χ1) is 9.51. The fourth-order valence-electron chi connectivity index (χ4n) is 2.59. The van der Waals surface area contributed by atoms with Crippen LogP contribution in [0.2, 0.25) is 0 Å². The number of ether oxygens (including phenoxy) is 1. The van der Waals surface area contributed by atoms with Gasteiger partial charge in [0.05, 0.1) is 12.7 Å². The molecule has 0 aliphatic carbocycles. The van der Waals surface area contributed by atoms with E-state index in [1.807, 2.05) is 18.2 Å². The zero-order valence-corrected chi connectivity index (χ0v) is 12.5. The third kappa shape index (κ3) is 3.29. The van der Waals surface area contributed by atoms with Crippen molar-refractivity contribution in [1.82, 2.24) is 9.80 Å². The summed E-state index contributed by atoms with van der Waals surface area (Å²) in [5.74, 6) is 0.712. The Hall–Kier alpha value is -1.59. The fourth-order valence-corrected chi connectivity index (χ4v) is 2.59. The van der Waals surface area contributed by atoms with Crippen molar-refractivity contribution < 1.29 is 4.74 Å². The molecule has 20 heavy (non-hydrogen) atoms. The third-order valence-corrected chi connectivity index (χ3v) is 4.00. The molecule has 5 heteroatoms. The predicted molar refractivity (Wildman–Crippen MR) is 81.4 cm³/mol. The van der Waals surface area contributed by atoms with Gasteiger partial charge >= 0.3 is 0 Å². The van der Waals surface area contributed by atoms with E-state index in [1.165, 1.54) is 5.56 Å². The fraction of sp³-hybridized carbons (Fsp3) is 0.533. The first-order valence-electron chi connectivity index (χ1n) is 6.95. The number of hydrogen-bond donors (Lipinski definition) is 2. The minimum Gasteiger partial charge on any atom is -0.496 e. The van der Waals surface area contributed by atoms with E-state index in [9.17, 15) is 0 Å². The quantitative estimate of drug-likeness (QED) is 0.639. The van der Waals surface area contributed by atoms with Gasteiger partial charge in [-0.25, -0.2) is 0 Å². The highest BCUT2D eigenvalue weighted by Gasteiger charge is 2.20. The zero-order valence-electron chi connectivity index (χ0n) is 12.5. The number of benzene rings is 1. The van der Waals surface area contributed by atoms with Gasteiger partial charge in [-0.1, -0.05) is 6.07 Å². The Balaban J connectivity index is 2.10. The number of piperazine rings is 1. The second kappa shape index (κ2) is 6.24. The molecule has 1 saturated heterocycles. The molecule has 1 aliphatic rings. The van der Waals surface area contributed by atoms with Crippen LogP contribution in [-0.2, 0) is 6.54 Å². The van der Waals surface area contributed by atoms with Crippen molar-refractivity contribution in [3.05, 3.63) is 29.3 Å². The van der Waals surface area contributed by atoms with Crippen molar-refractivity contribution in [3.63, 3.8) is 0 Å². The molecule has 110 valence electrons. The summed E-state index contributed by atoms with van der Waals surface area (Å²) >= 11 is 0. The second-order valence-electron chi connectivity index (χ2n) is 5.51. The Morgan fingerprint density at radius 2 is 2.20 bits per heavy atom. The average molecular weight is 276 g/mol. The Labute approximate surface area is 120 Å². The van der Waals surface area contributed by atoms with Crippen molar-refractivity contribution >= 4 is 5.84 Å². The molecular formula is C15H24N4O. The molecule has 0 radical (unpaired) electrons. The van der Waals surface area contributed by atoms with Gasteiger partial charge in [-0.3, -0.25) is 10.3 Å². The van der Waals surface area contributed by atoms with E-state index in [0.29, 0.717) is 17.4 Å². The van der Waals surface area contributed by atoms with Crippen molar-refractivity contribution in [2.24, 2.45) is 5.73 Å². The van der Waals surface area contributed by atoms with Crippen LogP contribution in [0, 0.1) is 5.41 Å². The summed E-state index contributed by atoms with van der Waals surface area (Å²) in [5.41, 5.74) is 7.46. The lowest BCUT2D eigenvalue weighted by Gasteiger charge is -2.37. The number of methoxy groups -OCH3 is 1. The molecule has 2 rings (SSSR count). The number of amidine groups is 1. The van der Waals surface area contributed by atoms with Gasteiger partial charge in [-0.05, 0) is 31.7 Å². The smallest absolute Gasteiger partial charge is 0.129 e. The van der Waals surface area contributed by atoms with Gasteiger partial charge in [0.15, 0.2) is 0 Å². The molecule has 0 bridgehead atoms. The van der Waals surface area contributed by atoms with E-state index < -0.39 is 0 Å². The molecule has 1 fully saturated rings. The molecule has 1 unspecified atom stereocenters. The maximum absolute atomic E-state index is 7.63. The number of nitrogens with one attached hydrogen (secondary N) is 1. The summed E-state index contributed by atoms with van der Waals surface area (Å²) in [5, 5.41) is 7.63.